The highest BCUT2D eigenvalue weighted by Gasteiger charge is 2.17. The molecule has 0 spiro atoms. The molecular weight excluding hydrogens is 392 g/mol. The number of hydrogen-bond acceptors (Lipinski definition) is 3. The molecule has 31 heavy (non-hydrogen) atoms. The minimum atomic E-state index is -0.234. The highest BCUT2D eigenvalue weighted by Crippen LogP contribution is 2.17. The number of quaternary nitrogens is 1. The van der Waals surface area contributed by atoms with E-state index in [4.69, 9.17) is 4.74 Å². The predicted molar refractivity (Wildman–Crippen MR) is 124 cm³/mol. The van der Waals surface area contributed by atoms with Gasteiger partial charge >= 0.3 is 6.03 Å². The van der Waals surface area contributed by atoms with E-state index < -0.39 is 0 Å². The first-order valence-electron chi connectivity index (χ1n) is 10.5. The second kappa shape index (κ2) is 10.1. The molecule has 7 nitrogen and oxygen atoms in total. The van der Waals surface area contributed by atoms with Gasteiger partial charge in [-0.2, -0.15) is 0 Å². The van der Waals surface area contributed by atoms with E-state index in [9.17, 15) is 9.59 Å². The number of carbonyl (C=O) groups is 1. The van der Waals surface area contributed by atoms with Gasteiger partial charge in [-0.25, -0.2) is 4.79 Å². The van der Waals surface area contributed by atoms with E-state index in [-0.39, 0.29) is 18.1 Å². The number of fused-ring (bicyclic) bond motifs is 1. The highest BCUT2D eigenvalue weighted by molar-refractivity contribution is 5.89. The van der Waals surface area contributed by atoms with Crippen LogP contribution in [-0.4, -0.2) is 50.2 Å². The lowest BCUT2D eigenvalue weighted by molar-refractivity contribution is -0.858. The van der Waals surface area contributed by atoms with E-state index in [2.05, 4.69) is 24.4 Å². The van der Waals surface area contributed by atoms with Crippen molar-refractivity contribution in [3.05, 3.63) is 70.0 Å². The number of urea groups is 1. The Labute approximate surface area is 182 Å². The number of rotatable bonds is 8. The van der Waals surface area contributed by atoms with E-state index in [1.165, 1.54) is 4.90 Å². The first kappa shape index (κ1) is 22.4. The van der Waals surface area contributed by atoms with Gasteiger partial charge in [0.15, 0.2) is 0 Å². The monoisotopic (exact) mass is 423 g/mol. The van der Waals surface area contributed by atoms with Gasteiger partial charge in [-0.3, -0.25) is 4.79 Å². The second-order valence-corrected chi connectivity index (χ2v) is 8.11. The smallest absolute Gasteiger partial charge is 0.322 e. The van der Waals surface area contributed by atoms with Crippen LogP contribution in [0.1, 0.15) is 17.5 Å². The molecule has 0 saturated heterocycles. The van der Waals surface area contributed by atoms with Crippen LogP contribution in [0.4, 0.5) is 10.5 Å². The first-order chi connectivity index (χ1) is 14.9. The third kappa shape index (κ3) is 6.08. The zero-order valence-corrected chi connectivity index (χ0v) is 18.6. The summed E-state index contributed by atoms with van der Waals surface area (Å²) in [6, 6.07) is 14.7. The summed E-state index contributed by atoms with van der Waals surface area (Å²) in [5.74, 6) is 0.724. The van der Waals surface area contributed by atoms with Crippen molar-refractivity contribution in [3.63, 3.8) is 0 Å². The molecule has 0 bridgehead atoms. The number of H-pyrrole nitrogens is 1. The Morgan fingerprint density at radius 1 is 1.13 bits per heavy atom. The van der Waals surface area contributed by atoms with Crippen LogP contribution in [0.3, 0.4) is 0 Å². The van der Waals surface area contributed by atoms with E-state index >= 15 is 0 Å². The molecule has 7 heteroatoms. The van der Waals surface area contributed by atoms with Crippen LogP contribution in [0.15, 0.2) is 53.3 Å². The van der Waals surface area contributed by atoms with Gasteiger partial charge in [-0.15, -0.1) is 0 Å². The molecule has 0 fully saturated rings. The van der Waals surface area contributed by atoms with Crippen molar-refractivity contribution in [2.45, 2.75) is 19.9 Å². The molecular formula is C24H31N4O3+. The van der Waals surface area contributed by atoms with E-state index in [1.807, 2.05) is 31.2 Å². The molecule has 0 aliphatic carbocycles. The maximum atomic E-state index is 13.0. The molecule has 0 saturated carbocycles. The van der Waals surface area contributed by atoms with Gasteiger partial charge in [0.05, 0.1) is 34.3 Å². The summed E-state index contributed by atoms with van der Waals surface area (Å²) in [5, 5.41) is 3.89. The Morgan fingerprint density at radius 3 is 2.55 bits per heavy atom. The number of nitrogens with zero attached hydrogens (tertiary/aromatic N) is 1. The van der Waals surface area contributed by atoms with Crippen LogP contribution in [0.5, 0.6) is 5.75 Å². The third-order valence-corrected chi connectivity index (χ3v) is 5.17. The summed E-state index contributed by atoms with van der Waals surface area (Å²) >= 11 is 0. The minimum absolute atomic E-state index is 0.170. The first-order valence-corrected chi connectivity index (χ1v) is 10.5. The number of aryl methyl sites for hydroxylation is 1. The number of benzene rings is 2. The lowest BCUT2D eigenvalue weighted by atomic mass is 10.1. The van der Waals surface area contributed by atoms with Crippen LogP contribution in [0.2, 0.25) is 0 Å². The number of amides is 2. The average Bonchev–Trinajstić information content (AvgIpc) is 2.74. The number of nitrogens with one attached hydrogen (secondary N) is 3. The highest BCUT2D eigenvalue weighted by atomic mass is 16.5. The molecule has 2 aromatic carbocycles. The Kier molecular flexibility index (Phi) is 7.31. The number of aromatic nitrogens is 1. The molecule has 3 aromatic rings. The number of anilines is 1. The number of methoxy groups -OCH3 is 1. The van der Waals surface area contributed by atoms with Gasteiger partial charge in [0.2, 0.25) is 0 Å². The summed E-state index contributed by atoms with van der Waals surface area (Å²) < 4.78 is 5.17. The number of aromatic amines is 1. The second-order valence-electron chi connectivity index (χ2n) is 8.11. The van der Waals surface area contributed by atoms with Gasteiger partial charge < -0.3 is 24.8 Å². The number of hydrogen-bond donors (Lipinski definition) is 3. The third-order valence-electron chi connectivity index (χ3n) is 5.17. The van der Waals surface area contributed by atoms with Crippen molar-refractivity contribution in [3.8, 4) is 5.75 Å². The molecule has 164 valence electrons. The molecule has 0 aliphatic heterocycles. The largest absolute Gasteiger partial charge is 0.497 e. The number of pyridine rings is 1. The molecule has 0 atom stereocenters. The van der Waals surface area contributed by atoms with Crippen LogP contribution >= 0.6 is 0 Å². The molecule has 1 aromatic heterocycles. The van der Waals surface area contributed by atoms with Crippen molar-refractivity contribution < 1.29 is 14.4 Å². The SMILES string of the molecule is COc1ccc(NC(=O)N(CCC[NH+](C)C)Cc2cc3cc(C)ccc3[nH]c2=O)cc1. The average molecular weight is 424 g/mol. The number of carbonyl (C=O) groups excluding carboxylic acids is 1. The van der Waals surface area contributed by atoms with Gasteiger partial charge in [-0.1, -0.05) is 11.6 Å². The lowest BCUT2D eigenvalue weighted by Gasteiger charge is -2.23. The van der Waals surface area contributed by atoms with Crippen molar-refractivity contribution in [1.82, 2.24) is 9.88 Å². The molecule has 0 aliphatic rings. The summed E-state index contributed by atoms with van der Waals surface area (Å²) in [6.07, 6.45) is 0.836. The lowest BCUT2D eigenvalue weighted by Crippen LogP contribution is -3.05. The standard InChI is InChI=1S/C24H30N4O3/c1-17-6-11-22-18(14-17)15-19(23(29)26-22)16-28(13-5-12-27(2)3)24(30)25-20-7-9-21(31-4)10-8-20/h6-11,14-15H,5,12-13,16H2,1-4H3,(H,25,30)(H,26,29)/p+1. The maximum absolute atomic E-state index is 13.0. The molecule has 0 radical (unpaired) electrons. The fourth-order valence-electron chi connectivity index (χ4n) is 3.45. The van der Waals surface area contributed by atoms with E-state index in [1.54, 1.807) is 36.3 Å². The van der Waals surface area contributed by atoms with Crippen LogP contribution in [0.25, 0.3) is 10.9 Å². The molecule has 0 unspecified atom stereocenters. The normalized spacial score (nSPS) is 11.0. The summed E-state index contributed by atoms with van der Waals surface area (Å²) in [4.78, 5) is 31.6. The van der Waals surface area contributed by atoms with Crippen LogP contribution in [0, 0.1) is 6.92 Å². The Bertz CT molecular complexity index is 1090. The summed E-state index contributed by atoms with van der Waals surface area (Å²) in [5.41, 5.74) is 2.99. The predicted octanol–water partition coefficient (Wildman–Crippen LogP) is 2.41. The van der Waals surface area contributed by atoms with Crippen molar-refractivity contribution >= 4 is 22.6 Å². The van der Waals surface area contributed by atoms with E-state index in [0.717, 1.165) is 35.2 Å². The molecule has 1 heterocycles. The Hall–Kier alpha value is -3.32. The molecule has 2 amide bonds. The molecule has 3 rings (SSSR count). The molecule has 3 N–H and O–H groups in total. The van der Waals surface area contributed by atoms with Crippen molar-refractivity contribution in [1.29, 1.82) is 0 Å². The zero-order valence-electron chi connectivity index (χ0n) is 18.6. The van der Waals surface area contributed by atoms with Gasteiger partial charge in [0.25, 0.3) is 5.56 Å². The van der Waals surface area contributed by atoms with Gasteiger partial charge in [0.1, 0.15) is 5.75 Å². The Balaban J connectivity index is 1.82. The van der Waals surface area contributed by atoms with Gasteiger partial charge in [0, 0.05) is 29.7 Å². The summed E-state index contributed by atoms with van der Waals surface area (Å²) in [6.45, 7) is 3.74. The summed E-state index contributed by atoms with van der Waals surface area (Å²) in [7, 11) is 5.76. The fraction of sp³-hybridized carbons (Fsp3) is 0.333. The minimum Gasteiger partial charge on any atom is -0.497 e. The quantitative estimate of drug-likeness (QED) is 0.521. The van der Waals surface area contributed by atoms with Gasteiger partial charge in [-0.05, 0) is 54.8 Å². The zero-order chi connectivity index (χ0) is 22.4. The Morgan fingerprint density at radius 2 is 1.87 bits per heavy atom. The van der Waals surface area contributed by atoms with Crippen molar-refractivity contribution in [2.75, 3.05) is 39.6 Å². The van der Waals surface area contributed by atoms with E-state index in [0.29, 0.717) is 17.8 Å². The topological polar surface area (TPSA) is 78.9 Å². The van der Waals surface area contributed by atoms with Crippen LogP contribution in [-0.2, 0) is 6.54 Å². The maximum Gasteiger partial charge on any atom is 0.322 e. The van der Waals surface area contributed by atoms with Crippen LogP contribution < -0.4 is 20.5 Å². The fourth-order valence-corrected chi connectivity index (χ4v) is 3.45. The van der Waals surface area contributed by atoms with Crippen molar-refractivity contribution in [2.24, 2.45) is 0 Å². The number of ether oxygens (including phenoxy) is 1.